The summed E-state index contributed by atoms with van der Waals surface area (Å²) in [5.74, 6) is 1.75. The van der Waals surface area contributed by atoms with Crippen LogP contribution < -0.4 is 4.74 Å². The summed E-state index contributed by atoms with van der Waals surface area (Å²) < 4.78 is 16.1. The van der Waals surface area contributed by atoms with Gasteiger partial charge in [0.2, 0.25) is 0 Å². The normalized spacial score (nSPS) is 15.4. The number of ketones is 1. The molecule has 1 saturated heterocycles. The van der Waals surface area contributed by atoms with Gasteiger partial charge in [0.05, 0.1) is 0 Å². The van der Waals surface area contributed by atoms with E-state index >= 15 is 0 Å². The molecule has 0 radical (unpaired) electrons. The maximum absolute atomic E-state index is 12.2. The van der Waals surface area contributed by atoms with E-state index in [9.17, 15) is 4.79 Å². The van der Waals surface area contributed by atoms with Gasteiger partial charge in [-0.3, -0.25) is 4.79 Å². The average molecular weight is 350 g/mol. The molecule has 5 nitrogen and oxygen atoms in total. The number of rotatable bonds is 7. The van der Waals surface area contributed by atoms with Crippen LogP contribution in [0.2, 0.25) is 5.02 Å². The topological polar surface area (TPSA) is 61.6 Å². The molecule has 0 spiro atoms. The van der Waals surface area contributed by atoms with Crippen LogP contribution in [-0.4, -0.2) is 24.2 Å². The molecule has 0 N–H and O–H groups in total. The van der Waals surface area contributed by atoms with Crippen molar-refractivity contribution in [2.24, 2.45) is 5.92 Å². The Morgan fingerprint density at radius 2 is 2.12 bits per heavy atom. The molecule has 1 aromatic heterocycles. The van der Waals surface area contributed by atoms with Crippen LogP contribution in [0.25, 0.3) is 0 Å². The lowest BCUT2D eigenvalue weighted by Gasteiger charge is -2.21. The van der Waals surface area contributed by atoms with Crippen molar-refractivity contribution in [2.75, 3.05) is 13.2 Å². The Kier molecular flexibility index (Phi) is 5.88. The maximum Gasteiger partial charge on any atom is 0.184 e. The monoisotopic (exact) mass is 349 g/mol. The third kappa shape index (κ3) is 4.82. The standard InChI is InChI=1S/C18H20ClNO4/c19-14-2-1-3-15(10-14)23-12-16-11-17(20-24-16)18(21)5-4-13-6-8-22-9-7-13/h1-3,10-11,13H,4-9,12H2. The zero-order valence-electron chi connectivity index (χ0n) is 13.4. The highest BCUT2D eigenvalue weighted by Crippen LogP contribution is 2.22. The SMILES string of the molecule is O=C(CCC1CCOCC1)c1cc(COc2cccc(Cl)c2)on1. The summed E-state index contributed by atoms with van der Waals surface area (Å²) in [5, 5.41) is 4.46. The van der Waals surface area contributed by atoms with E-state index in [1.807, 2.05) is 12.1 Å². The lowest BCUT2D eigenvalue weighted by atomic mass is 9.93. The Morgan fingerprint density at radius 3 is 2.92 bits per heavy atom. The molecule has 1 aliphatic rings. The Bertz CT molecular complexity index is 679. The first-order chi connectivity index (χ1) is 11.7. The predicted molar refractivity (Wildman–Crippen MR) is 89.4 cm³/mol. The summed E-state index contributed by atoms with van der Waals surface area (Å²) in [6, 6.07) is 8.76. The molecule has 1 fully saturated rings. The maximum atomic E-state index is 12.2. The van der Waals surface area contributed by atoms with Crippen LogP contribution in [-0.2, 0) is 11.3 Å². The van der Waals surface area contributed by atoms with E-state index in [1.165, 1.54) is 0 Å². The van der Waals surface area contributed by atoms with Gasteiger partial charge in [-0.2, -0.15) is 0 Å². The molecule has 0 bridgehead atoms. The first-order valence-electron chi connectivity index (χ1n) is 8.15. The van der Waals surface area contributed by atoms with Crippen LogP contribution in [0.5, 0.6) is 5.75 Å². The van der Waals surface area contributed by atoms with Crippen molar-refractivity contribution in [3.8, 4) is 5.75 Å². The molecular formula is C18H20ClNO4. The van der Waals surface area contributed by atoms with Gasteiger partial charge in [-0.15, -0.1) is 0 Å². The van der Waals surface area contributed by atoms with E-state index in [2.05, 4.69) is 5.16 Å². The Labute approximate surface area is 145 Å². The van der Waals surface area contributed by atoms with Crippen molar-refractivity contribution >= 4 is 17.4 Å². The summed E-state index contributed by atoms with van der Waals surface area (Å²) in [6.45, 7) is 1.81. The number of halogens is 1. The number of hydrogen-bond donors (Lipinski definition) is 0. The Hall–Kier alpha value is -1.85. The molecular weight excluding hydrogens is 330 g/mol. The summed E-state index contributed by atoms with van der Waals surface area (Å²) >= 11 is 5.90. The first-order valence-corrected chi connectivity index (χ1v) is 8.53. The smallest absolute Gasteiger partial charge is 0.184 e. The number of ether oxygens (including phenoxy) is 2. The molecule has 128 valence electrons. The molecule has 0 amide bonds. The second kappa shape index (κ2) is 8.31. The fraction of sp³-hybridized carbons (Fsp3) is 0.444. The zero-order chi connectivity index (χ0) is 16.8. The van der Waals surface area contributed by atoms with Crippen LogP contribution in [0.4, 0.5) is 0 Å². The minimum atomic E-state index is 0.0132. The fourth-order valence-electron chi connectivity index (χ4n) is 2.72. The van der Waals surface area contributed by atoms with Gasteiger partial charge in [0.1, 0.15) is 18.1 Å². The fourth-order valence-corrected chi connectivity index (χ4v) is 2.90. The third-order valence-electron chi connectivity index (χ3n) is 4.14. The van der Waals surface area contributed by atoms with Crippen LogP contribution >= 0.6 is 11.6 Å². The highest BCUT2D eigenvalue weighted by Gasteiger charge is 2.18. The third-order valence-corrected chi connectivity index (χ3v) is 4.38. The van der Waals surface area contributed by atoms with Gasteiger partial charge < -0.3 is 14.0 Å². The highest BCUT2D eigenvalue weighted by molar-refractivity contribution is 6.30. The van der Waals surface area contributed by atoms with Gasteiger partial charge in [0.25, 0.3) is 0 Å². The molecule has 2 heterocycles. The number of carbonyl (C=O) groups is 1. The second-order valence-electron chi connectivity index (χ2n) is 5.94. The molecule has 2 aromatic rings. The minimum Gasteiger partial charge on any atom is -0.485 e. The van der Waals surface area contributed by atoms with Crippen LogP contribution in [0, 0.1) is 5.92 Å². The minimum absolute atomic E-state index is 0.0132. The van der Waals surface area contributed by atoms with Gasteiger partial charge in [-0.25, -0.2) is 0 Å². The average Bonchev–Trinajstić information content (AvgIpc) is 3.08. The molecule has 3 rings (SSSR count). The van der Waals surface area contributed by atoms with E-state index in [4.69, 9.17) is 25.6 Å². The van der Waals surface area contributed by atoms with Crippen LogP contribution in [0.1, 0.15) is 41.9 Å². The van der Waals surface area contributed by atoms with Crippen molar-refractivity contribution in [3.63, 3.8) is 0 Å². The van der Waals surface area contributed by atoms with Crippen LogP contribution in [0.15, 0.2) is 34.9 Å². The highest BCUT2D eigenvalue weighted by atomic mass is 35.5. The quantitative estimate of drug-likeness (QED) is 0.697. The van der Waals surface area contributed by atoms with Crippen molar-refractivity contribution in [3.05, 3.63) is 46.8 Å². The molecule has 0 atom stereocenters. The van der Waals surface area contributed by atoms with Crippen molar-refractivity contribution < 1.29 is 18.8 Å². The van der Waals surface area contributed by atoms with Crippen LogP contribution in [0.3, 0.4) is 0 Å². The first kappa shape index (κ1) is 17.0. The number of carbonyl (C=O) groups excluding carboxylic acids is 1. The lowest BCUT2D eigenvalue weighted by molar-refractivity contribution is 0.0618. The van der Waals surface area contributed by atoms with E-state index in [0.29, 0.717) is 34.6 Å². The number of benzene rings is 1. The van der Waals surface area contributed by atoms with Crippen molar-refractivity contribution in [1.82, 2.24) is 5.16 Å². The number of aromatic nitrogens is 1. The van der Waals surface area contributed by atoms with Crippen molar-refractivity contribution in [1.29, 1.82) is 0 Å². The molecule has 0 aliphatic carbocycles. The van der Waals surface area contributed by atoms with Crippen molar-refractivity contribution in [2.45, 2.75) is 32.3 Å². The molecule has 0 unspecified atom stereocenters. The van der Waals surface area contributed by atoms with Gasteiger partial charge in [-0.1, -0.05) is 22.8 Å². The van der Waals surface area contributed by atoms with Gasteiger partial charge in [-0.05, 0) is 43.4 Å². The predicted octanol–water partition coefficient (Wildman–Crippen LogP) is 4.30. The van der Waals surface area contributed by atoms with Gasteiger partial charge >= 0.3 is 0 Å². The summed E-state index contributed by atoms with van der Waals surface area (Å²) in [4.78, 5) is 12.2. The molecule has 1 aromatic carbocycles. The van der Waals surface area contributed by atoms with E-state index in [1.54, 1.807) is 18.2 Å². The van der Waals surface area contributed by atoms with Gasteiger partial charge in [0, 0.05) is 30.7 Å². The second-order valence-corrected chi connectivity index (χ2v) is 6.38. The summed E-state index contributed by atoms with van der Waals surface area (Å²) in [6.07, 6.45) is 3.44. The van der Waals surface area contributed by atoms with E-state index < -0.39 is 0 Å². The summed E-state index contributed by atoms with van der Waals surface area (Å²) in [5.41, 5.74) is 0.367. The number of hydrogen-bond acceptors (Lipinski definition) is 5. The number of Topliss-reactive ketones (excluding diaryl/α,β-unsaturated/α-hetero) is 1. The van der Waals surface area contributed by atoms with E-state index in [-0.39, 0.29) is 12.4 Å². The van der Waals surface area contributed by atoms with Gasteiger partial charge in [0.15, 0.2) is 11.5 Å². The molecule has 6 heteroatoms. The largest absolute Gasteiger partial charge is 0.485 e. The lowest BCUT2D eigenvalue weighted by Crippen LogP contribution is -2.16. The summed E-state index contributed by atoms with van der Waals surface area (Å²) in [7, 11) is 0. The Morgan fingerprint density at radius 1 is 1.29 bits per heavy atom. The number of nitrogens with zero attached hydrogens (tertiary/aromatic N) is 1. The molecule has 24 heavy (non-hydrogen) atoms. The molecule has 1 aliphatic heterocycles. The van der Waals surface area contributed by atoms with E-state index in [0.717, 1.165) is 32.5 Å². The molecule has 0 saturated carbocycles. The zero-order valence-corrected chi connectivity index (χ0v) is 14.1. The Balaban J connectivity index is 1.48.